The monoisotopic (exact) mass is 425 g/mol. The van der Waals surface area contributed by atoms with Crippen LogP contribution in [0.4, 0.5) is 0 Å². The molecule has 0 aromatic heterocycles. The number of nitrogens with one attached hydrogen (secondary N) is 1. The van der Waals surface area contributed by atoms with E-state index in [0.717, 1.165) is 57.9 Å². The third-order valence-corrected chi connectivity index (χ3v) is 5.32. The van der Waals surface area contributed by atoms with Crippen molar-refractivity contribution in [1.82, 2.24) is 5.32 Å². The molecule has 1 aliphatic carbocycles. The van der Waals surface area contributed by atoms with Crippen LogP contribution in [-0.4, -0.2) is 33.2 Å². The summed E-state index contributed by atoms with van der Waals surface area (Å²) in [5, 5.41) is 11.6. The van der Waals surface area contributed by atoms with Gasteiger partial charge in [0.25, 0.3) is 0 Å². The second-order valence-electron chi connectivity index (χ2n) is 5.80. The predicted octanol–water partition coefficient (Wildman–Crippen LogP) is 3.85. The molecule has 0 radical (unpaired) electrons. The quantitative estimate of drug-likeness (QED) is 0.434. The van der Waals surface area contributed by atoms with Crippen LogP contribution >= 0.6 is 31.9 Å². The maximum absolute atomic E-state index is 12.1. The van der Waals surface area contributed by atoms with E-state index in [1.807, 2.05) is 0 Å². The fourth-order valence-corrected chi connectivity index (χ4v) is 4.99. The number of hydrogen-bond donors (Lipinski definition) is 2. The molecule has 122 valence electrons. The summed E-state index contributed by atoms with van der Waals surface area (Å²) < 4.78 is 0. The number of aliphatic carboxylic acids is 1. The van der Waals surface area contributed by atoms with Crippen molar-refractivity contribution < 1.29 is 14.7 Å². The zero-order valence-electron chi connectivity index (χ0n) is 12.3. The first-order chi connectivity index (χ1) is 9.99. The largest absolute Gasteiger partial charge is 0.481 e. The maximum atomic E-state index is 12.1. The molecule has 21 heavy (non-hydrogen) atoms. The summed E-state index contributed by atoms with van der Waals surface area (Å²) in [5.74, 6) is -0.428. The van der Waals surface area contributed by atoms with Crippen molar-refractivity contribution in [2.24, 2.45) is 5.92 Å². The Morgan fingerprint density at radius 2 is 1.52 bits per heavy atom. The molecule has 1 aliphatic rings. The van der Waals surface area contributed by atoms with Crippen molar-refractivity contribution in [3.8, 4) is 0 Å². The van der Waals surface area contributed by atoms with Gasteiger partial charge in [0.1, 0.15) is 0 Å². The van der Waals surface area contributed by atoms with Gasteiger partial charge in [0, 0.05) is 28.5 Å². The van der Waals surface area contributed by atoms with Crippen LogP contribution < -0.4 is 5.32 Å². The van der Waals surface area contributed by atoms with Crippen LogP contribution in [0.2, 0.25) is 0 Å². The van der Waals surface area contributed by atoms with Crippen molar-refractivity contribution in [2.75, 3.05) is 6.54 Å². The number of carbonyl (C=O) groups is 2. The lowest BCUT2D eigenvalue weighted by molar-refractivity contribution is -0.137. The Hall–Kier alpha value is -0.100. The average molecular weight is 427 g/mol. The molecule has 1 saturated carbocycles. The minimum Gasteiger partial charge on any atom is -0.481 e. The van der Waals surface area contributed by atoms with Crippen molar-refractivity contribution >= 4 is 43.7 Å². The molecular formula is C15H25Br2NO3. The first-order valence-corrected chi connectivity index (χ1v) is 9.59. The fourth-order valence-electron chi connectivity index (χ4n) is 2.69. The number of carboxylic acids is 1. The number of halogens is 2. The number of alkyl halides is 2. The maximum Gasteiger partial charge on any atom is 0.303 e. The van der Waals surface area contributed by atoms with Crippen LogP contribution in [0.25, 0.3) is 0 Å². The molecule has 1 amide bonds. The normalized spacial score (nSPS) is 25.5. The Labute approximate surface area is 143 Å². The minimum atomic E-state index is -0.718. The third-order valence-electron chi connectivity index (χ3n) is 3.83. The summed E-state index contributed by atoms with van der Waals surface area (Å²) in [6, 6.07) is 0. The molecule has 0 heterocycles. The smallest absolute Gasteiger partial charge is 0.303 e. The topological polar surface area (TPSA) is 66.4 Å². The molecule has 0 bridgehead atoms. The first-order valence-electron chi connectivity index (χ1n) is 7.76. The van der Waals surface area contributed by atoms with Gasteiger partial charge in [-0.25, -0.2) is 0 Å². The first kappa shape index (κ1) is 18.9. The van der Waals surface area contributed by atoms with E-state index in [4.69, 9.17) is 5.11 Å². The number of amides is 1. The van der Waals surface area contributed by atoms with E-state index in [9.17, 15) is 9.59 Å². The Bertz CT molecular complexity index is 329. The molecule has 0 spiro atoms. The van der Waals surface area contributed by atoms with Gasteiger partial charge in [0.2, 0.25) is 5.91 Å². The lowest BCUT2D eigenvalue weighted by Gasteiger charge is -2.28. The van der Waals surface area contributed by atoms with E-state index in [1.165, 1.54) is 0 Å². The third kappa shape index (κ3) is 8.81. The molecule has 1 rings (SSSR count). The molecule has 2 atom stereocenters. The molecule has 4 nitrogen and oxygen atoms in total. The standard InChI is InChI=1S/C15H25Br2NO3/c16-12-8-11(9-13(17)10-12)15(21)18-7-5-3-1-2-4-6-14(19)20/h11-13H,1-10H2,(H,18,21)(H,19,20). The Balaban J connectivity index is 2.02. The van der Waals surface area contributed by atoms with Gasteiger partial charge in [0.15, 0.2) is 0 Å². The van der Waals surface area contributed by atoms with E-state index in [2.05, 4.69) is 37.2 Å². The van der Waals surface area contributed by atoms with Crippen molar-refractivity contribution in [3.63, 3.8) is 0 Å². The molecule has 2 N–H and O–H groups in total. The molecule has 2 unspecified atom stereocenters. The molecule has 0 aromatic rings. The second kappa shape index (κ2) is 10.6. The SMILES string of the molecule is O=C(O)CCCCCCCNC(=O)C1CC(Br)CC(Br)C1. The second-order valence-corrected chi connectivity index (χ2v) is 8.39. The van der Waals surface area contributed by atoms with Crippen LogP contribution in [0.1, 0.15) is 57.8 Å². The van der Waals surface area contributed by atoms with Gasteiger partial charge in [-0.15, -0.1) is 0 Å². The lowest BCUT2D eigenvalue weighted by atomic mass is 9.88. The summed E-state index contributed by atoms with van der Waals surface area (Å²) in [7, 11) is 0. The van der Waals surface area contributed by atoms with Gasteiger partial charge in [-0.2, -0.15) is 0 Å². The van der Waals surface area contributed by atoms with Crippen LogP contribution in [0.5, 0.6) is 0 Å². The van der Waals surface area contributed by atoms with Gasteiger partial charge < -0.3 is 10.4 Å². The molecule has 0 aliphatic heterocycles. The predicted molar refractivity (Wildman–Crippen MR) is 91.1 cm³/mol. The van der Waals surface area contributed by atoms with Gasteiger partial charge in [-0.1, -0.05) is 51.1 Å². The highest BCUT2D eigenvalue weighted by Gasteiger charge is 2.30. The summed E-state index contributed by atoms with van der Waals surface area (Å²) in [6.07, 6.45) is 7.96. The van der Waals surface area contributed by atoms with Crippen LogP contribution in [-0.2, 0) is 9.59 Å². The number of unbranched alkanes of at least 4 members (excludes halogenated alkanes) is 4. The van der Waals surface area contributed by atoms with Gasteiger partial charge >= 0.3 is 5.97 Å². The molecule has 0 aromatic carbocycles. The van der Waals surface area contributed by atoms with Crippen molar-refractivity contribution in [1.29, 1.82) is 0 Å². The van der Waals surface area contributed by atoms with E-state index in [1.54, 1.807) is 0 Å². The number of carbonyl (C=O) groups excluding carboxylic acids is 1. The van der Waals surface area contributed by atoms with Crippen LogP contribution in [0.3, 0.4) is 0 Å². The zero-order valence-corrected chi connectivity index (χ0v) is 15.5. The summed E-state index contributed by atoms with van der Waals surface area (Å²) in [6.45, 7) is 0.730. The number of carboxylic acid groups (broad SMARTS) is 1. The average Bonchev–Trinajstić information content (AvgIpc) is 2.40. The summed E-state index contributed by atoms with van der Waals surface area (Å²) in [4.78, 5) is 23.3. The van der Waals surface area contributed by atoms with E-state index >= 15 is 0 Å². The Kier molecular flexibility index (Phi) is 9.56. The van der Waals surface area contributed by atoms with Crippen molar-refractivity contribution in [3.05, 3.63) is 0 Å². The molecule has 6 heteroatoms. The van der Waals surface area contributed by atoms with Crippen molar-refractivity contribution in [2.45, 2.75) is 67.4 Å². The highest BCUT2D eigenvalue weighted by molar-refractivity contribution is 9.10. The van der Waals surface area contributed by atoms with Gasteiger partial charge in [-0.05, 0) is 32.1 Å². The Morgan fingerprint density at radius 3 is 2.14 bits per heavy atom. The Morgan fingerprint density at radius 1 is 0.952 bits per heavy atom. The molecule has 1 fully saturated rings. The van der Waals surface area contributed by atoms with E-state index in [-0.39, 0.29) is 18.2 Å². The minimum absolute atomic E-state index is 0.114. The lowest BCUT2D eigenvalue weighted by Crippen LogP contribution is -2.37. The highest BCUT2D eigenvalue weighted by Crippen LogP contribution is 2.33. The summed E-state index contributed by atoms with van der Waals surface area (Å²) in [5.41, 5.74) is 0. The molecular weight excluding hydrogens is 402 g/mol. The highest BCUT2D eigenvalue weighted by atomic mass is 79.9. The number of rotatable bonds is 9. The van der Waals surface area contributed by atoms with Gasteiger partial charge in [0.05, 0.1) is 0 Å². The summed E-state index contributed by atoms with van der Waals surface area (Å²) >= 11 is 7.23. The van der Waals surface area contributed by atoms with E-state index < -0.39 is 5.97 Å². The van der Waals surface area contributed by atoms with Crippen LogP contribution in [0, 0.1) is 5.92 Å². The number of hydrogen-bond acceptors (Lipinski definition) is 2. The molecule has 0 saturated heterocycles. The van der Waals surface area contributed by atoms with Gasteiger partial charge in [-0.3, -0.25) is 9.59 Å². The van der Waals surface area contributed by atoms with E-state index in [0.29, 0.717) is 9.65 Å². The fraction of sp³-hybridized carbons (Fsp3) is 0.867. The zero-order chi connectivity index (χ0) is 15.7. The van der Waals surface area contributed by atoms with Crippen LogP contribution in [0.15, 0.2) is 0 Å².